The molecule has 196 valence electrons. The molecule has 0 fully saturated rings. The highest BCUT2D eigenvalue weighted by atomic mass is 19.4. The summed E-state index contributed by atoms with van der Waals surface area (Å²) in [6.07, 6.45) is -23.5. The van der Waals surface area contributed by atoms with Crippen LogP contribution in [0, 0.1) is 22.7 Å². The number of aromatic nitrogens is 6. The van der Waals surface area contributed by atoms with Gasteiger partial charge >= 0.3 is 24.7 Å². The van der Waals surface area contributed by atoms with Crippen LogP contribution in [0.15, 0.2) is 0 Å². The lowest BCUT2D eigenvalue weighted by Crippen LogP contribution is -2.22. The number of nitrogens with zero attached hydrogens (tertiary/aromatic N) is 8. The summed E-state index contributed by atoms with van der Waals surface area (Å²) in [5.41, 5.74) is -20.7. The van der Waals surface area contributed by atoms with Crippen molar-refractivity contribution in [3.63, 3.8) is 0 Å². The molecule has 0 saturated carbocycles. The molecule has 38 heavy (non-hydrogen) atoms. The predicted molar refractivity (Wildman–Crippen MR) is 95.2 cm³/mol. The van der Waals surface area contributed by atoms with Crippen molar-refractivity contribution in [1.29, 1.82) is 10.5 Å². The predicted octanol–water partition coefficient (Wildman–Crippen LogP) is 5.33. The van der Waals surface area contributed by atoms with Crippen LogP contribution < -0.4 is 0 Å². The van der Waals surface area contributed by atoms with Crippen LogP contribution in [-0.2, 0) is 24.7 Å². The number of hydrogen-bond acceptors (Lipinski definition) is 8. The Balaban J connectivity index is 2.42. The zero-order valence-corrected chi connectivity index (χ0v) is 17.1. The largest absolute Gasteiger partial charge is 0.435 e. The Bertz CT molecular complexity index is 1610. The average Bonchev–Trinajstić information content (AvgIpc) is 2.79. The summed E-state index contributed by atoms with van der Waals surface area (Å²) in [7, 11) is 0. The van der Waals surface area contributed by atoms with E-state index >= 15 is 0 Å². The normalized spacial score (nSPS) is 13.2. The fourth-order valence-corrected chi connectivity index (χ4v) is 3.24. The maximum Gasteiger partial charge on any atom is 0.435 e. The molecule has 0 aliphatic rings. The van der Waals surface area contributed by atoms with Crippen LogP contribution in [0.5, 0.6) is 0 Å². The Hall–Kier alpha value is -4.62. The van der Waals surface area contributed by atoms with Crippen molar-refractivity contribution >= 4 is 33.1 Å². The molecule has 3 heterocycles. The van der Waals surface area contributed by atoms with Gasteiger partial charge in [-0.05, 0) is 0 Å². The maximum atomic E-state index is 13.5. The topological polar surface area (TPSA) is 125 Å². The first-order chi connectivity index (χ1) is 17.3. The van der Waals surface area contributed by atoms with Gasteiger partial charge in [-0.1, -0.05) is 0 Å². The highest BCUT2D eigenvalue weighted by Crippen LogP contribution is 2.43. The molecular weight excluding hydrogens is 556 g/mol. The lowest BCUT2D eigenvalue weighted by atomic mass is 10.1. The second kappa shape index (κ2) is 7.94. The van der Waals surface area contributed by atoms with E-state index < -0.39 is 92.0 Å². The van der Waals surface area contributed by atoms with E-state index in [1.165, 1.54) is 12.1 Å². The van der Waals surface area contributed by atoms with E-state index in [1.807, 2.05) is 0 Å². The van der Waals surface area contributed by atoms with Crippen molar-refractivity contribution in [2.45, 2.75) is 24.7 Å². The molecule has 1 aromatic carbocycles. The van der Waals surface area contributed by atoms with Gasteiger partial charge in [0.05, 0.1) is 0 Å². The fraction of sp³-hybridized carbons (Fsp3) is 0.222. The number of rotatable bonds is 0. The minimum absolute atomic E-state index is 0.952. The Labute approximate surface area is 198 Å². The fourth-order valence-electron chi connectivity index (χ4n) is 3.24. The summed E-state index contributed by atoms with van der Waals surface area (Å²) in [5.74, 6) is 0. The van der Waals surface area contributed by atoms with Crippen molar-refractivity contribution in [1.82, 2.24) is 29.9 Å². The van der Waals surface area contributed by atoms with E-state index in [1.54, 1.807) is 0 Å². The molecule has 4 rings (SSSR count). The van der Waals surface area contributed by atoms with Crippen molar-refractivity contribution in [3.8, 4) is 12.1 Å². The van der Waals surface area contributed by atoms with Gasteiger partial charge in [-0.15, -0.1) is 0 Å². The highest BCUT2D eigenvalue weighted by Gasteiger charge is 2.49. The SMILES string of the molecule is N#Cc1nc2c(nc1C#N)c1nc(C(F)(F)F)c(C(F)(F)F)nc1c1nc(C(F)(F)F)c(C(F)(F)F)nc21. The van der Waals surface area contributed by atoms with Crippen molar-refractivity contribution in [2.24, 2.45) is 0 Å². The van der Waals surface area contributed by atoms with E-state index in [-0.39, 0.29) is 0 Å². The Morgan fingerprint density at radius 3 is 0.711 bits per heavy atom. The smallest absolute Gasteiger partial charge is 0.237 e. The number of hydrogen-bond donors (Lipinski definition) is 0. The van der Waals surface area contributed by atoms with E-state index in [0.717, 1.165) is 0 Å². The van der Waals surface area contributed by atoms with Crippen LogP contribution in [0.3, 0.4) is 0 Å². The van der Waals surface area contributed by atoms with Gasteiger partial charge in [0.1, 0.15) is 45.2 Å². The van der Waals surface area contributed by atoms with Gasteiger partial charge in [-0.25, -0.2) is 29.9 Å². The number of halogens is 12. The van der Waals surface area contributed by atoms with Crippen molar-refractivity contribution < 1.29 is 52.7 Å². The molecule has 0 bridgehead atoms. The monoisotopic (exact) mass is 556 g/mol. The number of benzene rings is 1. The van der Waals surface area contributed by atoms with Crippen LogP contribution in [0.2, 0.25) is 0 Å². The highest BCUT2D eigenvalue weighted by molar-refractivity contribution is 6.18. The summed E-state index contributed by atoms with van der Waals surface area (Å²) in [4.78, 5) is 18.0. The van der Waals surface area contributed by atoms with E-state index in [9.17, 15) is 52.7 Å². The molecule has 20 heteroatoms. The van der Waals surface area contributed by atoms with Gasteiger partial charge in [0.25, 0.3) is 0 Å². The first-order valence-corrected chi connectivity index (χ1v) is 9.15. The van der Waals surface area contributed by atoms with E-state index in [4.69, 9.17) is 10.5 Å². The number of alkyl halides is 12. The zero-order valence-electron chi connectivity index (χ0n) is 17.1. The standard InChI is InChI=1S/C18F12N8/c19-15(20,21)11-13(17(25,26)27)37-9-7(35-11)5-6(34-4(2-32)3(1-31)33-5)8-10(9)38-14(18(28,29)30)12(36-8)16(22,23)24. The van der Waals surface area contributed by atoms with Crippen LogP contribution in [0.4, 0.5) is 52.7 Å². The Morgan fingerprint density at radius 1 is 0.368 bits per heavy atom. The first-order valence-electron chi connectivity index (χ1n) is 9.15. The van der Waals surface area contributed by atoms with Crippen LogP contribution in [0.25, 0.3) is 33.1 Å². The second-order valence-corrected chi connectivity index (χ2v) is 7.07. The van der Waals surface area contributed by atoms with Gasteiger partial charge in [0, 0.05) is 0 Å². The number of nitriles is 2. The molecule has 0 radical (unpaired) electrons. The molecule has 0 amide bonds. The first kappa shape index (κ1) is 26.4. The third-order valence-corrected chi connectivity index (χ3v) is 4.65. The molecule has 8 nitrogen and oxygen atoms in total. The molecule has 0 spiro atoms. The van der Waals surface area contributed by atoms with Gasteiger partial charge in [-0.3, -0.25) is 0 Å². The molecule has 0 atom stereocenters. The van der Waals surface area contributed by atoms with Crippen LogP contribution >= 0.6 is 0 Å². The van der Waals surface area contributed by atoms with E-state index in [0.29, 0.717) is 0 Å². The van der Waals surface area contributed by atoms with Crippen molar-refractivity contribution in [3.05, 3.63) is 34.2 Å². The lowest BCUT2D eigenvalue weighted by molar-refractivity contribution is -0.167. The molecule has 0 aliphatic carbocycles. The third kappa shape index (κ3) is 4.17. The lowest BCUT2D eigenvalue weighted by Gasteiger charge is -2.18. The van der Waals surface area contributed by atoms with Gasteiger partial charge in [0.2, 0.25) is 0 Å². The molecule has 0 unspecified atom stereocenters. The minimum Gasteiger partial charge on any atom is -0.237 e. The molecule has 0 N–H and O–H groups in total. The molecule has 0 saturated heterocycles. The maximum absolute atomic E-state index is 13.5. The summed E-state index contributed by atoms with van der Waals surface area (Å²) < 4.78 is 161. The average molecular weight is 556 g/mol. The zero-order chi connectivity index (χ0) is 28.6. The minimum atomic E-state index is -5.91. The van der Waals surface area contributed by atoms with Crippen LogP contribution in [0.1, 0.15) is 34.2 Å². The Kier molecular flexibility index (Phi) is 5.52. The molecular formula is C18F12N8. The van der Waals surface area contributed by atoms with Gasteiger partial charge < -0.3 is 0 Å². The number of fused-ring (bicyclic) bond motifs is 6. The van der Waals surface area contributed by atoms with E-state index in [2.05, 4.69) is 29.9 Å². The van der Waals surface area contributed by atoms with Gasteiger partial charge in [0.15, 0.2) is 34.2 Å². The molecule has 0 aliphatic heterocycles. The summed E-state index contributed by atoms with van der Waals surface area (Å²) in [5, 5.41) is 18.3. The third-order valence-electron chi connectivity index (χ3n) is 4.65. The van der Waals surface area contributed by atoms with Crippen molar-refractivity contribution in [2.75, 3.05) is 0 Å². The summed E-state index contributed by atoms with van der Waals surface area (Å²) in [6, 6.07) is 2.57. The van der Waals surface area contributed by atoms with Gasteiger partial charge in [-0.2, -0.15) is 63.2 Å². The second-order valence-electron chi connectivity index (χ2n) is 7.07. The summed E-state index contributed by atoms with van der Waals surface area (Å²) >= 11 is 0. The Morgan fingerprint density at radius 2 is 0.553 bits per heavy atom. The van der Waals surface area contributed by atoms with Crippen LogP contribution in [-0.4, -0.2) is 29.9 Å². The molecule has 4 aromatic rings. The molecule has 3 aromatic heterocycles. The quantitative estimate of drug-likeness (QED) is 0.210. The summed E-state index contributed by atoms with van der Waals surface area (Å²) in [6.45, 7) is 0.